The standard InChI is InChI=1S/C18H33NO4/c1-5-19(10-15(21)12-20)11-16-13-22-18(23-16)8-6-14(7-9-18)17(2,3)4/h14,16,20H,5-13H2,1-4H3. The van der Waals surface area contributed by atoms with Gasteiger partial charge in [-0.1, -0.05) is 27.7 Å². The van der Waals surface area contributed by atoms with Gasteiger partial charge in [-0.2, -0.15) is 0 Å². The van der Waals surface area contributed by atoms with Gasteiger partial charge in [-0.25, -0.2) is 0 Å². The maximum Gasteiger partial charge on any atom is 0.172 e. The lowest BCUT2D eigenvalue weighted by molar-refractivity contribution is -0.197. The zero-order valence-electron chi connectivity index (χ0n) is 15.1. The van der Waals surface area contributed by atoms with E-state index < -0.39 is 12.4 Å². The van der Waals surface area contributed by atoms with Crippen LogP contribution in [0.15, 0.2) is 0 Å². The summed E-state index contributed by atoms with van der Waals surface area (Å²) in [5.74, 6) is 0.187. The third kappa shape index (κ3) is 4.99. The SMILES string of the molecule is CCN(CC(=O)CO)CC1COC2(CCC(C(C)(C)C)CC2)O1. The zero-order valence-corrected chi connectivity index (χ0v) is 15.1. The first-order valence-corrected chi connectivity index (χ1v) is 8.94. The predicted molar refractivity (Wildman–Crippen MR) is 89.2 cm³/mol. The normalized spacial score (nSPS) is 31.9. The summed E-state index contributed by atoms with van der Waals surface area (Å²) in [5.41, 5.74) is 0.350. The second-order valence-corrected chi connectivity index (χ2v) is 8.13. The Kier molecular flexibility index (Phi) is 6.22. The Hall–Kier alpha value is -0.490. The fourth-order valence-electron chi connectivity index (χ4n) is 3.79. The fourth-order valence-corrected chi connectivity index (χ4v) is 3.79. The van der Waals surface area contributed by atoms with Crippen LogP contribution in [0.3, 0.4) is 0 Å². The Balaban J connectivity index is 1.83. The number of aliphatic hydroxyl groups excluding tert-OH is 1. The molecule has 1 N–H and O–H groups in total. The number of rotatable bonds is 6. The van der Waals surface area contributed by atoms with Gasteiger partial charge < -0.3 is 14.6 Å². The van der Waals surface area contributed by atoms with E-state index >= 15 is 0 Å². The molecule has 2 rings (SSSR count). The second-order valence-electron chi connectivity index (χ2n) is 8.13. The van der Waals surface area contributed by atoms with E-state index in [0.29, 0.717) is 18.6 Å². The molecule has 0 radical (unpaired) electrons. The quantitative estimate of drug-likeness (QED) is 0.810. The van der Waals surface area contributed by atoms with Crippen LogP contribution in [0.1, 0.15) is 53.4 Å². The smallest absolute Gasteiger partial charge is 0.172 e. The van der Waals surface area contributed by atoms with Crippen molar-refractivity contribution in [2.75, 3.05) is 32.8 Å². The fraction of sp³-hybridized carbons (Fsp3) is 0.944. The van der Waals surface area contributed by atoms with Crippen LogP contribution in [0.25, 0.3) is 0 Å². The average Bonchev–Trinajstić information content (AvgIpc) is 2.88. The van der Waals surface area contributed by atoms with Gasteiger partial charge in [0, 0.05) is 19.4 Å². The molecule has 0 aromatic rings. The van der Waals surface area contributed by atoms with Gasteiger partial charge in [0.1, 0.15) is 6.61 Å². The highest BCUT2D eigenvalue weighted by Crippen LogP contribution is 2.45. The maximum atomic E-state index is 11.4. The van der Waals surface area contributed by atoms with Crippen LogP contribution in [-0.4, -0.2) is 60.5 Å². The number of hydrogen-bond acceptors (Lipinski definition) is 5. The minimum Gasteiger partial charge on any atom is -0.389 e. The molecule has 2 fully saturated rings. The number of nitrogens with zero attached hydrogens (tertiary/aromatic N) is 1. The van der Waals surface area contributed by atoms with E-state index in [1.54, 1.807) is 0 Å². The molecule has 23 heavy (non-hydrogen) atoms. The van der Waals surface area contributed by atoms with Crippen LogP contribution < -0.4 is 0 Å². The van der Waals surface area contributed by atoms with Gasteiger partial charge in [-0.3, -0.25) is 9.69 Å². The number of ketones is 1. The monoisotopic (exact) mass is 327 g/mol. The van der Waals surface area contributed by atoms with Crippen LogP contribution in [0.4, 0.5) is 0 Å². The molecule has 1 unspecified atom stereocenters. The van der Waals surface area contributed by atoms with Gasteiger partial charge in [0.15, 0.2) is 11.6 Å². The van der Waals surface area contributed by atoms with Gasteiger partial charge in [-0.15, -0.1) is 0 Å². The van der Waals surface area contributed by atoms with Gasteiger partial charge in [0.05, 0.1) is 19.3 Å². The summed E-state index contributed by atoms with van der Waals surface area (Å²) in [7, 11) is 0. The summed E-state index contributed by atoms with van der Waals surface area (Å²) in [6.07, 6.45) is 4.25. The van der Waals surface area contributed by atoms with Gasteiger partial charge in [0.25, 0.3) is 0 Å². The van der Waals surface area contributed by atoms with Crippen LogP contribution in [0, 0.1) is 11.3 Å². The molecular weight excluding hydrogens is 294 g/mol. The Labute approximate surface area is 140 Å². The summed E-state index contributed by atoms with van der Waals surface area (Å²) in [6.45, 7) is 10.9. The van der Waals surface area contributed by atoms with Crippen molar-refractivity contribution in [3.63, 3.8) is 0 Å². The lowest BCUT2D eigenvalue weighted by atomic mass is 9.71. The largest absolute Gasteiger partial charge is 0.389 e. The molecule has 1 spiro atoms. The topological polar surface area (TPSA) is 59.0 Å². The Bertz CT molecular complexity index is 396. The first-order chi connectivity index (χ1) is 10.8. The van der Waals surface area contributed by atoms with E-state index in [1.165, 1.54) is 0 Å². The van der Waals surface area contributed by atoms with Gasteiger partial charge >= 0.3 is 0 Å². The van der Waals surface area contributed by atoms with E-state index in [1.807, 2.05) is 11.8 Å². The van der Waals surface area contributed by atoms with E-state index in [4.69, 9.17) is 14.6 Å². The molecule has 1 aliphatic carbocycles. The molecule has 0 bridgehead atoms. The minimum absolute atomic E-state index is 0.0210. The van der Waals surface area contributed by atoms with Gasteiger partial charge in [-0.05, 0) is 30.7 Å². The Morgan fingerprint density at radius 3 is 2.48 bits per heavy atom. The third-order valence-corrected chi connectivity index (χ3v) is 5.37. The Morgan fingerprint density at radius 1 is 1.30 bits per heavy atom. The lowest BCUT2D eigenvalue weighted by Crippen LogP contribution is -2.41. The molecule has 1 aliphatic heterocycles. The molecule has 1 saturated heterocycles. The number of Topliss-reactive ketones (excluding diaryl/α,β-unsaturated/α-hetero) is 1. The number of likely N-dealkylation sites (N-methyl/N-ethyl adjacent to an activating group) is 1. The van der Waals surface area contributed by atoms with E-state index in [9.17, 15) is 4.79 Å². The van der Waals surface area contributed by atoms with E-state index in [-0.39, 0.29) is 18.4 Å². The Morgan fingerprint density at radius 2 is 1.96 bits per heavy atom. The zero-order chi connectivity index (χ0) is 17.1. The summed E-state index contributed by atoms with van der Waals surface area (Å²) < 4.78 is 12.3. The lowest BCUT2D eigenvalue weighted by Gasteiger charge is -2.41. The summed E-state index contributed by atoms with van der Waals surface area (Å²) in [5, 5.41) is 8.90. The van der Waals surface area contributed by atoms with Crippen molar-refractivity contribution in [2.24, 2.45) is 11.3 Å². The van der Waals surface area contributed by atoms with Crippen LogP contribution in [-0.2, 0) is 14.3 Å². The molecule has 1 saturated carbocycles. The van der Waals surface area contributed by atoms with Crippen LogP contribution in [0.5, 0.6) is 0 Å². The molecular formula is C18H33NO4. The molecule has 5 nitrogen and oxygen atoms in total. The van der Waals surface area contributed by atoms with Crippen LogP contribution in [0.2, 0.25) is 0 Å². The molecule has 5 heteroatoms. The minimum atomic E-state index is -0.396. The van der Waals surface area contributed by atoms with Crippen molar-refractivity contribution in [2.45, 2.75) is 65.3 Å². The molecule has 0 aromatic heterocycles. The van der Waals surface area contributed by atoms with Gasteiger partial charge in [0.2, 0.25) is 0 Å². The number of hydrogen-bond donors (Lipinski definition) is 1. The average molecular weight is 327 g/mol. The van der Waals surface area contributed by atoms with Crippen molar-refractivity contribution in [3.05, 3.63) is 0 Å². The number of carbonyl (C=O) groups is 1. The highest BCUT2D eigenvalue weighted by molar-refractivity contribution is 5.81. The summed E-state index contributed by atoms with van der Waals surface area (Å²) in [4.78, 5) is 13.4. The van der Waals surface area contributed by atoms with Crippen molar-refractivity contribution in [3.8, 4) is 0 Å². The highest BCUT2D eigenvalue weighted by Gasteiger charge is 2.46. The molecule has 2 aliphatic rings. The number of ether oxygens (including phenoxy) is 2. The second kappa shape index (κ2) is 7.60. The first-order valence-electron chi connectivity index (χ1n) is 8.94. The summed E-state index contributed by atoms with van der Waals surface area (Å²) >= 11 is 0. The van der Waals surface area contributed by atoms with Crippen molar-refractivity contribution in [1.29, 1.82) is 0 Å². The van der Waals surface area contributed by atoms with Crippen LogP contribution >= 0.6 is 0 Å². The van der Waals surface area contributed by atoms with E-state index in [2.05, 4.69) is 20.8 Å². The van der Waals surface area contributed by atoms with E-state index in [0.717, 1.165) is 38.1 Å². The third-order valence-electron chi connectivity index (χ3n) is 5.37. The molecule has 0 amide bonds. The highest BCUT2D eigenvalue weighted by atomic mass is 16.7. The van der Waals surface area contributed by atoms with Crippen molar-refractivity contribution >= 4 is 5.78 Å². The van der Waals surface area contributed by atoms with Crippen molar-refractivity contribution < 1.29 is 19.4 Å². The number of aliphatic hydroxyl groups is 1. The molecule has 134 valence electrons. The number of carbonyl (C=O) groups excluding carboxylic acids is 1. The molecule has 1 atom stereocenters. The van der Waals surface area contributed by atoms with Crippen molar-refractivity contribution in [1.82, 2.24) is 4.90 Å². The predicted octanol–water partition coefficient (Wildman–Crippen LogP) is 2.22. The molecule has 0 aromatic carbocycles. The summed E-state index contributed by atoms with van der Waals surface area (Å²) in [6, 6.07) is 0. The molecule has 1 heterocycles. The first kappa shape index (κ1) is 18.8. The maximum absolute atomic E-state index is 11.4.